The second kappa shape index (κ2) is 9.23. The second-order valence-electron chi connectivity index (χ2n) is 6.83. The third-order valence-electron chi connectivity index (χ3n) is 4.75. The third kappa shape index (κ3) is 5.88. The fraction of sp³-hybridized carbons (Fsp3) is 0.611. The molecule has 1 aromatic rings. The van der Waals surface area contributed by atoms with E-state index in [0.717, 1.165) is 42.9 Å². The number of hydrogen-bond acceptors (Lipinski definition) is 5. The summed E-state index contributed by atoms with van der Waals surface area (Å²) in [5.41, 5.74) is 0.364. The standard InChI is InChI=1S/C18H29N3O4S/c1-20-12-9-15(10-13-20)8-11-19-18(22)14-21(26(3,23)24)16-6-4-5-7-17(16)25-2/h4-7,15H,8-14H2,1-3H3,(H,19,22). The van der Waals surface area contributed by atoms with Crippen LogP contribution in [0.2, 0.25) is 0 Å². The lowest BCUT2D eigenvalue weighted by Gasteiger charge is -2.29. The SMILES string of the molecule is COc1ccccc1N(CC(=O)NCCC1CCN(C)CC1)S(C)(=O)=O. The van der Waals surface area contributed by atoms with Crippen LogP contribution in [-0.4, -0.2) is 65.8 Å². The highest BCUT2D eigenvalue weighted by atomic mass is 32.2. The molecule has 0 unspecified atom stereocenters. The van der Waals surface area contributed by atoms with Gasteiger partial charge in [0, 0.05) is 6.54 Å². The van der Waals surface area contributed by atoms with Gasteiger partial charge in [-0.1, -0.05) is 12.1 Å². The highest BCUT2D eigenvalue weighted by molar-refractivity contribution is 7.92. The third-order valence-corrected chi connectivity index (χ3v) is 5.88. The van der Waals surface area contributed by atoms with Crippen molar-refractivity contribution >= 4 is 21.6 Å². The zero-order valence-corrected chi connectivity index (χ0v) is 16.6. The van der Waals surface area contributed by atoms with E-state index in [0.29, 0.717) is 23.9 Å². The Bertz CT molecular complexity index is 700. The summed E-state index contributed by atoms with van der Waals surface area (Å²) in [6.07, 6.45) is 4.30. The summed E-state index contributed by atoms with van der Waals surface area (Å²) in [5, 5.41) is 2.85. The second-order valence-corrected chi connectivity index (χ2v) is 8.73. The number of nitrogens with zero attached hydrogens (tertiary/aromatic N) is 2. The van der Waals surface area contributed by atoms with E-state index in [1.54, 1.807) is 24.3 Å². The molecule has 1 N–H and O–H groups in total. The molecule has 146 valence electrons. The molecule has 1 aliphatic rings. The van der Waals surface area contributed by atoms with Crippen LogP contribution in [0.15, 0.2) is 24.3 Å². The Morgan fingerprint density at radius 3 is 2.58 bits per heavy atom. The Hall–Kier alpha value is -1.80. The highest BCUT2D eigenvalue weighted by Gasteiger charge is 2.24. The van der Waals surface area contributed by atoms with Gasteiger partial charge in [0.25, 0.3) is 0 Å². The summed E-state index contributed by atoms with van der Waals surface area (Å²) in [6.45, 7) is 2.49. The van der Waals surface area contributed by atoms with Gasteiger partial charge in [-0.15, -0.1) is 0 Å². The maximum absolute atomic E-state index is 12.3. The van der Waals surface area contributed by atoms with E-state index >= 15 is 0 Å². The van der Waals surface area contributed by atoms with E-state index in [1.807, 2.05) is 0 Å². The Labute approximate surface area is 156 Å². The number of benzene rings is 1. The van der Waals surface area contributed by atoms with Crippen molar-refractivity contribution in [1.29, 1.82) is 0 Å². The first-order valence-electron chi connectivity index (χ1n) is 8.87. The molecule has 1 amide bonds. The average Bonchev–Trinajstić information content (AvgIpc) is 2.60. The van der Waals surface area contributed by atoms with Crippen LogP contribution < -0.4 is 14.4 Å². The van der Waals surface area contributed by atoms with Crippen molar-refractivity contribution in [3.63, 3.8) is 0 Å². The lowest BCUT2D eigenvalue weighted by Crippen LogP contribution is -2.41. The molecule has 0 bridgehead atoms. The van der Waals surface area contributed by atoms with Crippen LogP contribution in [0.25, 0.3) is 0 Å². The van der Waals surface area contributed by atoms with Gasteiger partial charge in [-0.3, -0.25) is 9.10 Å². The van der Waals surface area contributed by atoms with Gasteiger partial charge in [-0.05, 0) is 57.5 Å². The molecular weight excluding hydrogens is 354 g/mol. The summed E-state index contributed by atoms with van der Waals surface area (Å²) in [7, 11) is -0.0165. The molecule has 26 heavy (non-hydrogen) atoms. The predicted molar refractivity (Wildman–Crippen MR) is 103 cm³/mol. The number of hydrogen-bond donors (Lipinski definition) is 1. The van der Waals surface area contributed by atoms with E-state index in [2.05, 4.69) is 17.3 Å². The Morgan fingerprint density at radius 1 is 1.31 bits per heavy atom. The van der Waals surface area contributed by atoms with Crippen molar-refractivity contribution in [2.24, 2.45) is 5.92 Å². The zero-order chi connectivity index (χ0) is 19.2. The molecule has 7 nitrogen and oxygen atoms in total. The number of ether oxygens (including phenoxy) is 1. The summed E-state index contributed by atoms with van der Waals surface area (Å²) < 4.78 is 30.7. The maximum atomic E-state index is 12.3. The van der Waals surface area contributed by atoms with E-state index in [-0.39, 0.29) is 12.5 Å². The number of nitrogens with one attached hydrogen (secondary N) is 1. The van der Waals surface area contributed by atoms with Crippen LogP contribution in [0.1, 0.15) is 19.3 Å². The lowest BCUT2D eigenvalue weighted by atomic mass is 9.94. The minimum atomic E-state index is -3.61. The number of piperidine rings is 1. The van der Waals surface area contributed by atoms with Crippen LogP contribution in [0.3, 0.4) is 0 Å². The van der Waals surface area contributed by atoms with Gasteiger partial charge < -0.3 is 15.0 Å². The lowest BCUT2D eigenvalue weighted by molar-refractivity contribution is -0.119. The van der Waals surface area contributed by atoms with Gasteiger partial charge in [-0.2, -0.15) is 0 Å². The van der Waals surface area contributed by atoms with Crippen molar-refractivity contribution in [2.75, 3.05) is 50.9 Å². The van der Waals surface area contributed by atoms with Gasteiger partial charge in [0.2, 0.25) is 15.9 Å². The van der Waals surface area contributed by atoms with Crippen LogP contribution in [-0.2, 0) is 14.8 Å². The Balaban J connectivity index is 1.93. The minimum Gasteiger partial charge on any atom is -0.495 e. The van der Waals surface area contributed by atoms with E-state index in [4.69, 9.17) is 4.74 Å². The molecule has 0 radical (unpaired) electrons. The van der Waals surface area contributed by atoms with Gasteiger partial charge in [-0.25, -0.2) is 8.42 Å². The molecule has 0 saturated carbocycles. The van der Waals surface area contributed by atoms with Crippen molar-refractivity contribution in [3.8, 4) is 5.75 Å². The summed E-state index contributed by atoms with van der Waals surface area (Å²) in [5.74, 6) is 0.720. The van der Waals surface area contributed by atoms with Gasteiger partial charge in [0.05, 0.1) is 19.1 Å². The average molecular weight is 384 g/mol. The van der Waals surface area contributed by atoms with Crippen molar-refractivity contribution in [1.82, 2.24) is 10.2 Å². The van der Waals surface area contributed by atoms with Gasteiger partial charge in [0.15, 0.2) is 0 Å². The number of carbonyl (C=O) groups excluding carboxylic acids is 1. The molecule has 1 aliphatic heterocycles. The fourth-order valence-corrected chi connectivity index (χ4v) is 4.03. The molecule has 2 rings (SSSR count). The number of sulfonamides is 1. The predicted octanol–water partition coefficient (Wildman–Crippen LogP) is 1.31. The molecule has 8 heteroatoms. The molecule has 1 saturated heterocycles. The quantitative estimate of drug-likeness (QED) is 0.732. The Kier molecular flexibility index (Phi) is 7.28. The number of amides is 1. The largest absolute Gasteiger partial charge is 0.495 e. The summed E-state index contributed by atoms with van der Waals surface area (Å²) >= 11 is 0. The number of rotatable bonds is 8. The first kappa shape index (κ1) is 20.5. The molecule has 0 atom stereocenters. The molecule has 1 aromatic carbocycles. The molecule has 1 fully saturated rings. The first-order valence-corrected chi connectivity index (χ1v) is 10.7. The number of methoxy groups -OCH3 is 1. The molecule has 0 spiro atoms. The number of carbonyl (C=O) groups is 1. The topological polar surface area (TPSA) is 79.0 Å². The Morgan fingerprint density at radius 2 is 1.96 bits per heavy atom. The van der Waals surface area contributed by atoms with Crippen molar-refractivity contribution in [2.45, 2.75) is 19.3 Å². The number of para-hydroxylation sites is 2. The van der Waals surface area contributed by atoms with E-state index in [9.17, 15) is 13.2 Å². The van der Waals surface area contributed by atoms with Crippen LogP contribution >= 0.6 is 0 Å². The highest BCUT2D eigenvalue weighted by Crippen LogP contribution is 2.29. The van der Waals surface area contributed by atoms with E-state index < -0.39 is 10.0 Å². The van der Waals surface area contributed by atoms with Gasteiger partial charge in [0.1, 0.15) is 12.3 Å². The molecule has 1 heterocycles. The monoisotopic (exact) mass is 383 g/mol. The molecule has 0 aliphatic carbocycles. The maximum Gasteiger partial charge on any atom is 0.240 e. The number of likely N-dealkylation sites (tertiary alicyclic amines) is 1. The normalized spacial score (nSPS) is 16.3. The van der Waals surface area contributed by atoms with Crippen molar-refractivity contribution < 1.29 is 17.9 Å². The number of anilines is 1. The first-order chi connectivity index (χ1) is 12.3. The molecule has 0 aromatic heterocycles. The summed E-state index contributed by atoms with van der Waals surface area (Å²) in [4.78, 5) is 14.6. The fourth-order valence-electron chi connectivity index (χ4n) is 3.17. The van der Waals surface area contributed by atoms with Crippen molar-refractivity contribution in [3.05, 3.63) is 24.3 Å². The van der Waals surface area contributed by atoms with Crippen LogP contribution in [0.5, 0.6) is 5.75 Å². The van der Waals surface area contributed by atoms with Crippen LogP contribution in [0.4, 0.5) is 5.69 Å². The van der Waals surface area contributed by atoms with Gasteiger partial charge >= 0.3 is 0 Å². The zero-order valence-electron chi connectivity index (χ0n) is 15.8. The van der Waals surface area contributed by atoms with Crippen LogP contribution in [0, 0.1) is 5.92 Å². The minimum absolute atomic E-state index is 0.257. The smallest absolute Gasteiger partial charge is 0.240 e. The summed E-state index contributed by atoms with van der Waals surface area (Å²) in [6, 6.07) is 6.77. The van der Waals surface area contributed by atoms with E-state index in [1.165, 1.54) is 7.11 Å². The molecular formula is C18H29N3O4S.